The molecule has 0 radical (unpaired) electrons. The average molecular weight is 327 g/mol. The molecule has 0 saturated carbocycles. The maximum Gasteiger partial charge on any atom is 0.247 e. The van der Waals surface area contributed by atoms with E-state index in [2.05, 4.69) is 20.6 Å². The highest BCUT2D eigenvalue weighted by Gasteiger charge is 2.14. The van der Waals surface area contributed by atoms with Crippen LogP contribution in [0.15, 0.2) is 48.4 Å². The fraction of sp³-hybridized carbons (Fsp3) is 0.188. The number of nitrogens with zero attached hydrogens (tertiary/aromatic N) is 3. The zero-order valence-electron chi connectivity index (χ0n) is 12.9. The highest BCUT2D eigenvalue weighted by atomic mass is 32.1. The summed E-state index contributed by atoms with van der Waals surface area (Å²) in [6, 6.07) is 7.24. The lowest BCUT2D eigenvalue weighted by Gasteiger charge is -2.14. The molecule has 2 heterocycles. The van der Waals surface area contributed by atoms with Gasteiger partial charge in [-0.2, -0.15) is 0 Å². The Kier molecular flexibility index (Phi) is 4.38. The Morgan fingerprint density at radius 3 is 2.87 bits per heavy atom. The van der Waals surface area contributed by atoms with Crippen molar-refractivity contribution < 1.29 is 4.79 Å². The first kappa shape index (κ1) is 15.2. The van der Waals surface area contributed by atoms with Gasteiger partial charge in [-0.25, -0.2) is 9.97 Å². The number of anilines is 3. The van der Waals surface area contributed by atoms with Crippen molar-refractivity contribution in [2.24, 2.45) is 0 Å². The van der Waals surface area contributed by atoms with Gasteiger partial charge in [0.25, 0.3) is 0 Å². The molecule has 6 nitrogen and oxygen atoms in total. The summed E-state index contributed by atoms with van der Waals surface area (Å²) in [4.78, 5) is 20.6. The predicted molar refractivity (Wildman–Crippen MR) is 92.1 cm³/mol. The number of hydrogen-bond acceptors (Lipinski definition) is 5. The number of rotatable bonds is 5. The van der Waals surface area contributed by atoms with Crippen molar-refractivity contribution in [3.8, 4) is 0 Å². The molecule has 3 aromatic rings. The SMILES string of the molecule is Cc1csc(Nc2cccc(NC(=O)C(C)n3ccnc3)c2)n1. The number of carbonyl (C=O) groups excluding carboxylic acids is 1. The van der Waals surface area contributed by atoms with Crippen LogP contribution in [0.25, 0.3) is 0 Å². The van der Waals surface area contributed by atoms with Gasteiger partial charge in [0.2, 0.25) is 5.91 Å². The van der Waals surface area contributed by atoms with E-state index < -0.39 is 0 Å². The molecule has 0 aliphatic heterocycles. The molecule has 0 aliphatic carbocycles. The maximum atomic E-state index is 12.3. The molecule has 0 saturated heterocycles. The second kappa shape index (κ2) is 6.62. The van der Waals surface area contributed by atoms with E-state index in [1.165, 1.54) is 0 Å². The summed E-state index contributed by atoms with van der Waals surface area (Å²) in [5.74, 6) is -0.0924. The second-order valence-corrected chi connectivity index (χ2v) is 6.03. The normalized spacial score (nSPS) is 11.9. The Balaban J connectivity index is 1.68. The standard InChI is InChI=1S/C16H17N5OS/c1-11-9-23-16(18-11)20-14-5-3-4-13(8-14)19-15(22)12(2)21-7-6-17-10-21/h3-10,12H,1-2H3,(H,18,20)(H,19,22). The Labute approximate surface area is 138 Å². The van der Waals surface area contributed by atoms with Crippen molar-refractivity contribution in [3.05, 3.63) is 54.1 Å². The van der Waals surface area contributed by atoms with E-state index in [4.69, 9.17) is 0 Å². The van der Waals surface area contributed by atoms with Crippen LogP contribution in [0, 0.1) is 6.92 Å². The second-order valence-electron chi connectivity index (χ2n) is 5.17. The Morgan fingerprint density at radius 1 is 1.35 bits per heavy atom. The Hall–Kier alpha value is -2.67. The summed E-state index contributed by atoms with van der Waals surface area (Å²) in [5, 5.41) is 8.97. The predicted octanol–water partition coefficient (Wildman–Crippen LogP) is 3.59. The van der Waals surface area contributed by atoms with Gasteiger partial charge >= 0.3 is 0 Å². The number of hydrogen-bond donors (Lipinski definition) is 2. The van der Waals surface area contributed by atoms with E-state index in [0.717, 1.165) is 22.2 Å². The number of aryl methyl sites for hydroxylation is 1. The molecule has 1 aromatic carbocycles. The molecular formula is C16H17N5OS. The third kappa shape index (κ3) is 3.75. The molecule has 2 aromatic heterocycles. The molecule has 7 heteroatoms. The third-order valence-corrected chi connectivity index (χ3v) is 4.23. The van der Waals surface area contributed by atoms with Crippen LogP contribution in [-0.2, 0) is 4.79 Å². The molecule has 0 bridgehead atoms. The van der Waals surface area contributed by atoms with Crippen LogP contribution in [0.1, 0.15) is 18.7 Å². The van der Waals surface area contributed by atoms with Gasteiger partial charge in [0.05, 0.1) is 12.0 Å². The van der Waals surface area contributed by atoms with Crippen LogP contribution in [-0.4, -0.2) is 20.4 Å². The van der Waals surface area contributed by atoms with E-state index in [-0.39, 0.29) is 11.9 Å². The Bertz CT molecular complexity index is 796. The summed E-state index contributed by atoms with van der Waals surface area (Å²) in [5.41, 5.74) is 2.60. The third-order valence-electron chi connectivity index (χ3n) is 3.35. The molecule has 0 fully saturated rings. The fourth-order valence-electron chi connectivity index (χ4n) is 2.09. The van der Waals surface area contributed by atoms with Crippen molar-refractivity contribution in [3.63, 3.8) is 0 Å². The van der Waals surface area contributed by atoms with Gasteiger partial charge in [0.1, 0.15) is 6.04 Å². The van der Waals surface area contributed by atoms with Crippen LogP contribution in [0.2, 0.25) is 0 Å². The molecule has 0 aliphatic rings. The molecular weight excluding hydrogens is 310 g/mol. The van der Waals surface area contributed by atoms with E-state index in [0.29, 0.717) is 0 Å². The van der Waals surface area contributed by atoms with Crippen molar-refractivity contribution in [1.82, 2.24) is 14.5 Å². The number of aromatic nitrogens is 3. The Morgan fingerprint density at radius 2 is 2.17 bits per heavy atom. The number of nitrogens with one attached hydrogen (secondary N) is 2. The minimum absolute atomic E-state index is 0.0924. The summed E-state index contributed by atoms with van der Waals surface area (Å²) in [6.07, 6.45) is 5.06. The minimum Gasteiger partial charge on any atom is -0.331 e. The zero-order valence-corrected chi connectivity index (χ0v) is 13.7. The van der Waals surface area contributed by atoms with Gasteiger partial charge in [0, 0.05) is 29.1 Å². The summed E-state index contributed by atoms with van der Waals surface area (Å²) >= 11 is 1.55. The number of carbonyl (C=O) groups is 1. The average Bonchev–Trinajstić information content (AvgIpc) is 3.19. The first-order chi connectivity index (χ1) is 11.1. The number of benzene rings is 1. The van der Waals surface area contributed by atoms with E-state index >= 15 is 0 Å². The summed E-state index contributed by atoms with van der Waals surface area (Å²) in [6.45, 7) is 3.78. The smallest absolute Gasteiger partial charge is 0.247 e. The van der Waals surface area contributed by atoms with Gasteiger partial charge in [-0.1, -0.05) is 6.07 Å². The van der Waals surface area contributed by atoms with Crippen LogP contribution in [0.3, 0.4) is 0 Å². The lowest BCUT2D eigenvalue weighted by Crippen LogP contribution is -2.22. The lowest BCUT2D eigenvalue weighted by molar-refractivity contribution is -0.118. The van der Waals surface area contributed by atoms with E-state index in [1.807, 2.05) is 43.5 Å². The zero-order chi connectivity index (χ0) is 16.2. The van der Waals surface area contributed by atoms with E-state index in [1.54, 1.807) is 34.6 Å². The molecule has 2 N–H and O–H groups in total. The van der Waals surface area contributed by atoms with Gasteiger partial charge < -0.3 is 15.2 Å². The number of imidazole rings is 1. The van der Waals surface area contributed by atoms with Crippen LogP contribution in [0.5, 0.6) is 0 Å². The molecule has 23 heavy (non-hydrogen) atoms. The van der Waals surface area contributed by atoms with Crippen molar-refractivity contribution >= 4 is 33.8 Å². The first-order valence-electron chi connectivity index (χ1n) is 7.19. The van der Waals surface area contributed by atoms with Crippen molar-refractivity contribution in [1.29, 1.82) is 0 Å². The lowest BCUT2D eigenvalue weighted by atomic mass is 10.2. The summed E-state index contributed by atoms with van der Waals surface area (Å²) in [7, 11) is 0. The summed E-state index contributed by atoms with van der Waals surface area (Å²) < 4.78 is 1.76. The van der Waals surface area contributed by atoms with Gasteiger partial charge in [-0.15, -0.1) is 11.3 Å². The molecule has 0 spiro atoms. The number of amides is 1. The topological polar surface area (TPSA) is 71.8 Å². The molecule has 3 rings (SSSR count). The van der Waals surface area contributed by atoms with Crippen molar-refractivity contribution in [2.45, 2.75) is 19.9 Å². The largest absolute Gasteiger partial charge is 0.331 e. The van der Waals surface area contributed by atoms with Gasteiger partial charge in [0.15, 0.2) is 5.13 Å². The molecule has 1 atom stereocenters. The monoisotopic (exact) mass is 327 g/mol. The minimum atomic E-state index is -0.323. The maximum absolute atomic E-state index is 12.3. The fourth-order valence-corrected chi connectivity index (χ4v) is 2.80. The number of thiazole rings is 1. The van der Waals surface area contributed by atoms with Crippen LogP contribution in [0.4, 0.5) is 16.5 Å². The van der Waals surface area contributed by atoms with Gasteiger partial charge in [-0.05, 0) is 32.0 Å². The highest BCUT2D eigenvalue weighted by Crippen LogP contribution is 2.23. The molecule has 118 valence electrons. The molecule has 1 unspecified atom stereocenters. The quantitative estimate of drug-likeness (QED) is 0.751. The van der Waals surface area contributed by atoms with Crippen molar-refractivity contribution in [2.75, 3.05) is 10.6 Å². The first-order valence-corrected chi connectivity index (χ1v) is 8.07. The van der Waals surface area contributed by atoms with Crippen LogP contribution < -0.4 is 10.6 Å². The van der Waals surface area contributed by atoms with E-state index in [9.17, 15) is 4.79 Å². The highest BCUT2D eigenvalue weighted by molar-refractivity contribution is 7.13. The van der Waals surface area contributed by atoms with Crippen LogP contribution >= 0.6 is 11.3 Å². The molecule has 1 amide bonds. The van der Waals surface area contributed by atoms with Gasteiger partial charge in [-0.3, -0.25) is 4.79 Å².